The number of halogens is 1. The third kappa shape index (κ3) is 6.83. The van der Waals surface area contributed by atoms with Gasteiger partial charge in [0.2, 0.25) is 0 Å². The van der Waals surface area contributed by atoms with Gasteiger partial charge in [-0.25, -0.2) is 0 Å². The van der Waals surface area contributed by atoms with Gasteiger partial charge in [0.05, 0.1) is 6.61 Å². The lowest BCUT2D eigenvalue weighted by Gasteiger charge is -2.11. The number of hydrazine groups is 1. The van der Waals surface area contributed by atoms with Gasteiger partial charge in [0.25, 0.3) is 11.8 Å². The Morgan fingerprint density at radius 3 is 2.48 bits per heavy atom. The third-order valence-corrected chi connectivity index (χ3v) is 3.92. The molecule has 6 nitrogen and oxygen atoms in total. The first-order chi connectivity index (χ1) is 12.8. The summed E-state index contributed by atoms with van der Waals surface area (Å²) in [4.78, 5) is 24.0. The number of amides is 2. The van der Waals surface area contributed by atoms with Gasteiger partial charge in [0.1, 0.15) is 11.5 Å². The quantitative estimate of drug-likeness (QED) is 0.709. The van der Waals surface area contributed by atoms with Crippen molar-refractivity contribution in [1.82, 2.24) is 10.9 Å². The smallest absolute Gasteiger partial charge is 0.276 e. The van der Waals surface area contributed by atoms with Gasteiger partial charge in [-0.1, -0.05) is 31.5 Å². The Bertz CT molecular complexity index is 808. The highest BCUT2D eigenvalue weighted by Crippen LogP contribution is 2.20. The van der Waals surface area contributed by atoms with Crippen molar-refractivity contribution in [3.63, 3.8) is 0 Å². The summed E-state index contributed by atoms with van der Waals surface area (Å²) in [5.41, 5.74) is 5.90. The van der Waals surface area contributed by atoms with Crippen LogP contribution in [0.25, 0.3) is 0 Å². The lowest BCUT2D eigenvalue weighted by Crippen LogP contribution is -2.43. The first-order valence-corrected chi connectivity index (χ1v) is 8.94. The van der Waals surface area contributed by atoms with Crippen molar-refractivity contribution in [2.24, 2.45) is 5.92 Å². The molecule has 27 heavy (non-hydrogen) atoms. The van der Waals surface area contributed by atoms with E-state index in [1.165, 1.54) is 0 Å². The molecule has 2 aromatic carbocycles. The van der Waals surface area contributed by atoms with Crippen LogP contribution in [0.3, 0.4) is 0 Å². The van der Waals surface area contributed by atoms with Gasteiger partial charge in [0, 0.05) is 10.6 Å². The van der Waals surface area contributed by atoms with Crippen molar-refractivity contribution in [2.75, 3.05) is 13.2 Å². The van der Waals surface area contributed by atoms with Crippen LogP contribution in [-0.4, -0.2) is 25.0 Å². The van der Waals surface area contributed by atoms with Crippen LogP contribution in [-0.2, 0) is 4.79 Å². The molecule has 2 amide bonds. The molecular formula is C20H23ClN2O4. The molecule has 0 spiro atoms. The zero-order chi connectivity index (χ0) is 19.8. The number of carbonyl (C=O) groups is 2. The molecular weight excluding hydrogens is 368 g/mol. The van der Waals surface area contributed by atoms with Gasteiger partial charge in [-0.3, -0.25) is 20.4 Å². The van der Waals surface area contributed by atoms with Crippen LogP contribution in [0.5, 0.6) is 11.5 Å². The minimum atomic E-state index is -0.483. The Morgan fingerprint density at radius 2 is 1.78 bits per heavy atom. The fraction of sp³-hybridized carbons (Fsp3) is 0.300. The zero-order valence-corrected chi connectivity index (χ0v) is 16.3. The number of hydrogen-bond donors (Lipinski definition) is 2. The number of benzene rings is 2. The Morgan fingerprint density at radius 1 is 1.04 bits per heavy atom. The van der Waals surface area contributed by atoms with E-state index in [2.05, 4.69) is 10.9 Å². The van der Waals surface area contributed by atoms with Crippen molar-refractivity contribution in [1.29, 1.82) is 0 Å². The monoisotopic (exact) mass is 390 g/mol. The molecule has 0 aromatic heterocycles. The standard InChI is InChI=1S/C20H23ClN2O4/c1-13(2)11-26-16-6-4-5-15(10-16)20(25)23-22-19(24)12-27-17-7-8-18(21)14(3)9-17/h4-10,13H,11-12H2,1-3H3,(H,22,24)(H,23,25). The number of rotatable bonds is 7. The summed E-state index contributed by atoms with van der Waals surface area (Å²) in [5.74, 6) is 0.576. The van der Waals surface area contributed by atoms with E-state index < -0.39 is 11.8 Å². The van der Waals surface area contributed by atoms with E-state index in [1.54, 1.807) is 42.5 Å². The molecule has 0 heterocycles. The molecule has 0 aliphatic carbocycles. The van der Waals surface area contributed by atoms with Crippen LogP contribution in [0.4, 0.5) is 0 Å². The van der Waals surface area contributed by atoms with Gasteiger partial charge in [-0.2, -0.15) is 0 Å². The summed E-state index contributed by atoms with van der Waals surface area (Å²) in [5, 5.41) is 0.624. The van der Waals surface area contributed by atoms with Gasteiger partial charge in [0.15, 0.2) is 6.61 Å². The van der Waals surface area contributed by atoms with Crippen LogP contribution >= 0.6 is 11.6 Å². The largest absolute Gasteiger partial charge is 0.493 e. The maximum absolute atomic E-state index is 12.2. The lowest BCUT2D eigenvalue weighted by molar-refractivity contribution is -0.123. The molecule has 7 heteroatoms. The van der Waals surface area contributed by atoms with Gasteiger partial charge < -0.3 is 9.47 Å². The molecule has 144 valence electrons. The minimum Gasteiger partial charge on any atom is -0.493 e. The number of carbonyl (C=O) groups excluding carboxylic acids is 2. The Balaban J connectivity index is 1.81. The summed E-state index contributed by atoms with van der Waals surface area (Å²) in [6.45, 7) is 6.25. The molecule has 2 aromatic rings. The Hall–Kier alpha value is -2.73. The summed E-state index contributed by atoms with van der Waals surface area (Å²) in [6, 6.07) is 11.9. The van der Waals surface area contributed by atoms with E-state index in [0.717, 1.165) is 5.56 Å². The second kappa shape index (κ2) is 9.83. The van der Waals surface area contributed by atoms with E-state index in [4.69, 9.17) is 21.1 Å². The molecule has 2 N–H and O–H groups in total. The molecule has 0 aliphatic rings. The summed E-state index contributed by atoms with van der Waals surface area (Å²) in [7, 11) is 0. The van der Waals surface area contributed by atoms with Gasteiger partial charge in [-0.05, 0) is 54.8 Å². The zero-order valence-electron chi connectivity index (χ0n) is 15.5. The molecule has 0 saturated carbocycles. The van der Waals surface area contributed by atoms with E-state index >= 15 is 0 Å². The van der Waals surface area contributed by atoms with E-state index in [-0.39, 0.29) is 6.61 Å². The first kappa shape index (κ1) is 20.6. The highest BCUT2D eigenvalue weighted by atomic mass is 35.5. The molecule has 0 atom stereocenters. The average Bonchev–Trinajstić information content (AvgIpc) is 2.65. The topological polar surface area (TPSA) is 76.7 Å². The van der Waals surface area contributed by atoms with Crippen LogP contribution in [0.2, 0.25) is 5.02 Å². The number of aryl methyl sites for hydroxylation is 1. The third-order valence-electron chi connectivity index (χ3n) is 3.49. The molecule has 0 unspecified atom stereocenters. The number of hydrogen-bond acceptors (Lipinski definition) is 4. The summed E-state index contributed by atoms with van der Waals surface area (Å²) < 4.78 is 11.0. The molecule has 0 fully saturated rings. The van der Waals surface area contributed by atoms with Crippen LogP contribution < -0.4 is 20.3 Å². The summed E-state index contributed by atoms with van der Waals surface area (Å²) in [6.07, 6.45) is 0. The SMILES string of the molecule is Cc1cc(OCC(=O)NNC(=O)c2cccc(OCC(C)C)c2)ccc1Cl. The van der Waals surface area contributed by atoms with E-state index in [0.29, 0.717) is 34.6 Å². The van der Waals surface area contributed by atoms with E-state index in [9.17, 15) is 9.59 Å². The second-order valence-corrected chi connectivity index (χ2v) is 6.84. The lowest BCUT2D eigenvalue weighted by atomic mass is 10.2. The van der Waals surface area contributed by atoms with Crippen molar-refractivity contribution < 1.29 is 19.1 Å². The number of ether oxygens (including phenoxy) is 2. The average molecular weight is 391 g/mol. The van der Waals surface area contributed by atoms with Gasteiger partial charge in [-0.15, -0.1) is 0 Å². The number of nitrogens with one attached hydrogen (secondary N) is 2. The maximum atomic E-state index is 12.2. The Kier molecular flexibility index (Phi) is 7.49. The van der Waals surface area contributed by atoms with Gasteiger partial charge >= 0.3 is 0 Å². The van der Waals surface area contributed by atoms with E-state index in [1.807, 2.05) is 20.8 Å². The summed E-state index contributed by atoms with van der Waals surface area (Å²) >= 11 is 5.94. The van der Waals surface area contributed by atoms with Crippen molar-refractivity contribution in [2.45, 2.75) is 20.8 Å². The fourth-order valence-electron chi connectivity index (χ4n) is 2.08. The van der Waals surface area contributed by atoms with Crippen LogP contribution in [0.15, 0.2) is 42.5 Å². The molecule has 2 rings (SSSR count). The maximum Gasteiger partial charge on any atom is 0.276 e. The Labute approximate surface area is 163 Å². The first-order valence-electron chi connectivity index (χ1n) is 8.56. The van der Waals surface area contributed by atoms with Crippen molar-refractivity contribution in [3.05, 3.63) is 58.6 Å². The van der Waals surface area contributed by atoms with Crippen molar-refractivity contribution >= 4 is 23.4 Å². The predicted octanol–water partition coefficient (Wildman–Crippen LogP) is 3.52. The fourth-order valence-corrected chi connectivity index (χ4v) is 2.20. The molecule has 0 radical (unpaired) electrons. The molecule has 0 bridgehead atoms. The second-order valence-electron chi connectivity index (χ2n) is 6.43. The highest BCUT2D eigenvalue weighted by Gasteiger charge is 2.10. The predicted molar refractivity (Wildman–Crippen MR) is 104 cm³/mol. The van der Waals surface area contributed by atoms with Crippen LogP contribution in [0, 0.1) is 12.8 Å². The molecule has 0 aliphatic heterocycles. The molecule has 0 saturated heterocycles. The minimum absolute atomic E-state index is 0.237. The van der Waals surface area contributed by atoms with Crippen molar-refractivity contribution in [3.8, 4) is 11.5 Å². The van der Waals surface area contributed by atoms with Crippen LogP contribution in [0.1, 0.15) is 29.8 Å². The highest BCUT2D eigenvalue weighted by molar-refractivity contribution is 6.31. The normalized spacial score (nSPS) is 10.4.